The molecule has 0 saturated heterocycles. The number of ketones is 1. The van der Waals surface area contributed by atoms with Crippen LogP contribution in [0, 0.1) is 5.92 Å². The van der Waals surface area contributed by atoms with Gasteiger partial charge >= 0.3 is 0 Å². The molecule has 0 bridgehead atoms. The third-order valence-corrected chi connectivity index (χ3v) is 2.67. The third-order valence-electron chi connectivity index (χ3n) is 2.67. The zero-order valence-corrected chi connectivity index (χ0v) is 9.08. The summed E-state index contributed by atoms with van der Waals surface area (Å²) in [6.45, 7) is 4.54. The summed E-state index contributed by atoms with van der Waals surface area (Å²) in [6, 6.07) is 7.86. The van der Waals surface area contributed by atoms with Crippen LogP contribution in [-0.4, -0.2) is 18.4 Å². The molecule has 0 amide bonds. The molecule has 1 aromatic carbocycles. The summed E-state index contributed by atoms with van der Waals surface area (Å²) in [4.78, 5) is 11.8. The maximum atomic E-state index is 11.8. The van der Waals surface area contributed by atoms with Crippen molar-refractivity contribution in [2.75, 3.05) is 17.2 Å². The minimum atomic E-state index is -0.0973. The quantitative estimate of drug-likeness (QED) is 0.775. The van der Waals surface area contributed by atoms with Gasteiger partial charge in [-0.25, -0.2) is 0 Å². The van der Waals surface area contributed by atoms with Gasteiger partial charge in [0.1, 0.15) is 6.04 Å². The van der Waals surface area contributed by atoms with E-state index in [9.17, 15) is 4.79 Å². The Kier molecular flexibility index (Phi) is 2.62. The van der Waals surface area contributed by atoms with Gasteiger partial charge in [-0.2, -0.15) is 0 Å². The number of hydrogen-bond donors (Lipinski definition) is 2. The average molecular weight is 204 g/mol. The molecule has 1 heterocycles. The van der Waals surface area contributed by atoms with Crippen LogP contribution in [-0.2, 0) is 4.79 Å². The Hall–Kier alpha value is -1.51. The molecule has 80 valence electrons. The Morgan fingerprint density at radius 1 is 1.33 bits per heavy atom. The second kappa shape index (κ2) is 3.93. The monoisotopic (exact) mass is 204 g/mol. The first kappa shape index (κ1) is 10.0. The summed E-state index contributed by atoms with van der Waals surface area (Å²) in [7, 11) is 0. The summed E-state index contributed by atoms with van der Waals surface area (Å²) < 4.78 is 0. The summed E-state index contributed by atoms with van der Waals surface area (Å²) in [5.74, 6) is 0.339. The Balaban J connectivity index is 2.15. The van der Waals surface area contributed by atoms with Crippen LogP contribution >= 0.6 is 0 Å². The van der Waals surface area contributed by atoms with Crippen molar-refractivity contribution in [3.63, 3.8) is 0 Å². The van der Waals surface area contributed by atoms with Crippen LogP contribution in [0.1, 0.15) is 13.8 Å². The molecule has 1 aromatic rings. The summed E-state index contributed by atoms with van der Waals surface area (Å²) in [5.41, 5.74) is 2.09. The van der Waals surface area contributed by atoms with E-state index < -0.39 is 0 Å². The number of fused-ring (bicyclic) bond motifs is 1. The van der Waals surface area contributed by atoms with E-state index in [-0.39, 0.29) is 17.7 Å². The lowest BCUT2D eigenvalue weighted by Crippen LogP contribution is -2.41. The maximum Gasteiger partial charge on any atom is 0.159 e. The molecule has 1 atom stereocenters. The van der Waals surface area contributed by atoms with Gasteiger partial charge in [0.25, 0.3) is 0 Å². The van der Waals surface area contributed by atoms with Crippen molar-refractivity contribution >= 4 is 17.2 Å². The van der Waals surface area contributed by atoms with Crippen LogP contribution in [0.5, 0.6) is 0 Å². The molecule has 1 unspecified atom stereocenters. The van der Waals surface area contributed by atoms with Crippen molar-refractivity contribution in [3.05, 3.63) is 24.3 Å². The number of nitrogens with one attached hydrogen (secondary N) is 2. The zero-order valence-electron chi connectivity index (χ0n) is 9.08. The number of carbonyl (C=O) groups excluding carboxylic acids is 1. The minimum Gasteiger partial charge on any atom is -0.381 e. The number of carbonyl (C=O) groups is 1. The van der Waals surface area contributed by atoms with E-state index in [0.29, 0.717) is 6.54 Å². The molecule has 0 aliphatic carbocycles. The zero-order chi connectivity index (χ0) is 10.8. The van der Waals surface area contributed by atoms with Gasteiger partial charge in [-0.15, -0.1) is 0 Å². The molecule has 0 fully saturated rings. The van der Waals surface area contributed by atoms with Gasteiger partial charge in [0.2, 0.25) is 0 Å². The van der Waals surface area contributed by atoms with E-state index in [1.165, 1.54) is 0 Å². The smallest absolute Gasteiger partial charge is 0.159 e. The fourth-order valence-electron chi connectivity index (χ4n) is 1.79. The highest BCUT2D eigenvalue weighted by Gasteiger charge is 2.24. The molecular formula is C12H16N2O. The second-order valence-electron chi connectivity index (χ2n) is 4.18. The molecule has 3 heteroatoms. The first-order valence-electron chi connectivity index (χ1n) is 5.31. The van der Waals surface area contributed by atoms with Crippen molar-refractivity contribution in [1.82, 2.24) is 0 Å². The fraction of sp³-hybridized carbons (Fsp3) is 0.417. The van der Waals surface area contributed by atoms with Crippen LogP contribution in [0.3, 0.4) is 0 Å². The second-order valence-corrected chi connectivity index (χ2v) is 4.18. The van der Waals surface area contributed by atoms with Crippen molar-refractivity contribution < 1.29 is 4.79 Å². The lowest BCUT2D eigenvalue weighted by molar-refractivity contribution is -0.122. The van der Waals surface area contributed by atoms with Gasteiger partial charge in [0, 0.05) is 12.5 Å². The van der Waals surface area contributed by atoms with Crippen LogP contribution in [0.15, 0.2) is 24.3 Å². The molecule has 2 rings (SSSR count). The normalized spacial score (nSPS) is 19.0. The highest BCUT2D eigenvalue weighted by molar-refractivity contribution is 5.91. The molecule has 0 spiro atoms. The lowest BCUT2D eigenvalue weighted by Gasteiger charge is -2.28. The molecule has 0 radical (unpaired) electrons. The fourth-order valence-corrected chi connectivity index (χ4v) is 1.79. The van der Waals surface area contributed by atoms with Gasteiger partial charge in [-0.1, -0.05) is 26.0 Å². The van der Waals surface area contributed by atoms with E-state index in [1.807, 2.05) is 38.1 Å². The average Bonchev–Trinajstić information content (AvgIpc) is 2.27. The first-order chi connectivity index (χ1) is 7.18. The molecule has 1 aliphatic heterocycles. The molecule has 1 aliphatic rings. The number of benzene rings is 1. The summed E-state index contributed by atoms with van der Waals surface area (Å²) in [6.07, 6.45) is 0. The van der Waals surface area contributed by atoms with Gasteiger partial charge in [0.05, 0.1) is 11.4 Å². The Morgan fingerprint density at radius 2 is 2.00 bits per heavy atom. The standard InChI is InChI=1S/C12H16N2O/c1-8(2)12(15)11-7-13-9-5-3-4-6-10(9)14-11/h3-6,8,11,13-14H,7H2,1-2H3. The summed E-state index contributed by atoms with van der Waals surface area (Å²) in [5, 5.41) is 6.53. The van der Waals surface area contributed by atoms with Gasteiger partial charge < -0.3 is 10.6 Å². The van der Waals surface area contributed by atoms with Crippen molar-refractivity contribution in [2.24, 2.45) is 5.92 Å². The van der Waals surface area contributed by atoms with E-state index in [1.54, 1.807) is 0 Å². The van der Waals surface area contributed by atoms with E-state index >= 15 is 0 Å². The number of rotatable bonds is 2. The molecule has 15 heavy (non-hydrogen) atoms. The van der Waals surface area contributed by atoms with Crippen LogP contribution < -0.4 is 10.6 Å². The molecule has 0 aromatic heterocycles. The van der Waals surface area contributed by atoms with Crippen molar-refractivity contribution in [1.29, 1.82) is 0 Å². The number of Topliss-reactive ketones (excluding diaryl/α,β-unsaturated/α-hetero) is 1. The first-order valence-corrected chi connectivity index (χ1v) is 5.31. The topological polar surface area (TPSA) is 41.1 Å². The Bertz CT molecular complexity index is 374. The highest BCUT2D eigenvalue weighted by Crippen LogP contribution is 2.25. The highest BCUT2D eigenvalue weighted by atomic mass is 16.1. The molecule has 2 N–H and O–H groups in total. The van der Waals surface area contributed by atoms with E-state index in [4.69, 9.17) is 0 Å². The summed E-state index contributed by atoms with van der Waals surface area (Å²) >= 11 is 0. The van der Waals surface area contributed by atoms with Crippen molar-refractivity contribution in [3.8, 4) is 0 Å². The van der Waals surface area contributed by atoms with Crippen LogP contribution in [0.2, 0.25) is 0 Å². The Labute approximate surface area is 89.9 Å². The van der Waals surface area contributed by atoms with Gasteiger partial charge in [-0.3, -0.25) is 4.79 Å². The molecule has 0 saturated carbocycles. The van der Waals surface area contributed by atoms with Crippen LogP contribution in [0.25, 0.3) is 0 Å². The largest absolute Gasteiger partial charge is 0.381 e. The van der Waals surface area contributed by atoms with Crippen LogP contribution in [0.4, 0.5) is 11.4 Å². The Morgan fingerprint density at radius 3 is 2.67 bits per heavy atom. The van der Waals surface area contributed by atoms with Gasteiger partial charge in [0.15, 0.2) is 5.78 Å². The van der Waals surface area contributed by atoms with Gasteiger partial charge in [-0.05, 0) is 12.1 Å². The van der Waals surface area contributed by atoms with E-state index in [2.05, 4.69) is 10.6 Å². The lowest BCUT2D eigenvalue weighted by atomic mass is 9.99. The number of para-hydroxylation sites is 2. The maximum absolute atomic E-state index is 11.8. The SMILES string of the molecule is CC(C)C(=O)C1CNc2ccccc2N1. The number of hydrogen-bond acceptors (Lipinski definition) is 3. The predicted molar refractivity (Wildman–Crippen MR) is 62.2 cm³/mol. The number of anilines is 2. The predicted octanol–water partition coefficient (Wildman–Crippen LogP) is 2.12. The van der Waals surface area contributed by atoms with E-state index in [0.717, 1.165) is 11.4 Å². The minimum absolute atomic E-state index is 0.0783. The third kappa shape index (κ3) is 1.96. The van der Waals surface area contributed by atoms with Crippen molar-refractivity contribution in [2.45, 2.75) is 19.9 Å². The molecule has 3 nitrogen and oxygen atoms in total. The molecular weight excluding hydrogens is 188 g/mol.